The van der Waals surface area contributed by atoms with E-state index in [4.69, 9.17) is 4.74 Å². The van der Waals surface area contributed by atoms with E-state index in [1.165, 1.54) is 36.8 Å². The lowest BCUT2D eigenvalue weighted by atomic mass is 9.67. The highest BCUT2D eigenvalue weighted by Crippen LogP contribution is 2.44. The summed E-state index contributed by atoms with van der Waals surface area (Å²) in [5.41, 5.74) is 2.02. The Bertz CT molecular complexity index is 808. The maximum absolute atomic E-state index is 13.8. The van der Waals surface area contributed by atoms with Gasteiger partial charge in [-0.3, -0.25) is 4.79 Å². The first-order valence-electron chi connectivity index (χ1n) is 12.4. The van der Waals surface area contributed by atoms with Crippen LogP contribution < -0.4 is 5.32 Å². The van der Waals surface area contributed by atoms with Crippen molar-refractivity contribution in [3.8, 4) is 0 Å². The lowest BCUT2D eigenvalue weighted by Crippen LogP contribution is -2.57. The van der Waals surface area contributed by atoms with Crippen LogP contribution in [0.5, 0.6) is 0 Å². The van der Waals surface area contributed by atoms with Crippen molar-refractivity contribution in [2.75, 3.05) is 33.3 Å². The Hall–Kier alpha value is -2.08. The number of amides is 2. The Morgan fingerprint density at radius 3 is 2.50 bits per heavy atom. The predicted molar refractivity (Wildman–Crippen MR) is 125 cm³/mol. The maximum atomic E-state index is 13.8. The molecule has 1 aliphatic carbocycles. The normalized spacial score (nSPS) is 25.6. The van der Waals surface area contributed by atoms with E-state index >= 15 is 0 Å². The van der Waals surface area contributed by atoms with Crippen LogP contribution >= 0.6 is 0 Å². The predicted octanol–water partition coefficient (Wildman–Crippen LogP) is 3.93. The Balaban J connectivity index is 1.44. The molecule has 1 aromatic rings. The van der Waals surface area contributed by atoms with Gasteiger partial charge in [-0.2, -0.15) is 0 Å². The highest BCUT2D eigenvalue weighted by molar-refractivity contribution is 5.90. The summed E-state index contributed by atoms with van der Waals surface area (Å²) >= 11 is 0. The molecule has 1 saturated carbocycles. The molecule has 2 heterocycles. The largest absolute Gasteiger partial charge is 0.448 e. The van der Waals surface area contributed by atoms with Gasteiger partial charge in [0.05, 0.1) is 12.0 Å². The number of nitrogens with one attached hydrogen (secondary N) is 1. The summed E-state index contributed by atoms with van der Waals surface area (Å²) < 4.78 is 5.18. The summed E-state index contributed by atoms with van der Waals surface area (Å²) in [7, 11) is 1.54. The first-order chi connectivity index (χ1) is 15.4. The average molecular weight is 442 g/mol. The summed E-state index contributed by atoms with van der Waals surface area (Å²) in [4.78, 5) is 29.7. The molecule has 6 nitrogen and oxygen atoms in total. The minimum Gasteiger partial charge on any atom is -0.448 e. The number of rotatable bonds is 5. The molecular formula is C26H39N3O3. The van der Waals surface area contributed by atoms with E-state index in [1.54, 1.807) is 7.05 Å². The molecule has 0 radical (unpaired) electrons. The summed E-state index contributed by atoms with van der Waals surface area (Å²) in [6.07, 6.45) is 6.56. The van der Waals surface area contributed by atoms with E-state index in [1.807, 2.05) is 4.90 Å². The van der Waals surface area contributed by atoms with Gasteiger partial charge in [-0.25, -0.2) is 4.79 Å². The number of benzene rings is 1. The summed E-state index contributed by atoms with van der Waals surface area (Å²) in [6, 6.07) is 9.11. The number of carbonyl (C=O) groups is 2. The van der Waals surface area contributed by atoms with Crippen LogP contribution in [0.25, 0.3) is 0 Å². The molecule has 1 aromatic carbocycles. The zero-order valence-electron chi connectivity index (χ0n) is 19.9. The fraction of sp³-hybridized carbons (Fsp3) is 0.692. The quantitative estimate of drug-likeness (QED) is 0.752. The molecule has 3 aliphatic rings. The van der Waals surface area contributed by atoms with Crippen LogP contribution in [0, 0.1) is 11.8 Å². The molecular weight excluding hydrogens is 402 g/mol. The number of hydrogen-bond acceptors (Lipinski definition) is 4. The van der Waals surface area contributed by atoms with Crippen molar-refractivity contribution in [3.05, 3.63) is 35.4 Å². The highest BCUT2D eigenvalue weighted by atomic mass is 16.5. The van der Waals surface area contributed by atoms with Gasteiger partial charge in [0.1, 0.15) is 6.61 Å². The first kappa shape index (κ1) is 23.1. The van der Waals surface area contributed by atoms with Crippen molar-refractivity contribution < 1.29 is 14.3 Å². The third-order valence-corrected chi connectivity index (χ3v) is 8.24. The topological polar surface area (TPSA) is 61.9 Å². The van der Waals surface area contributed by atoms with Crippen LogP contribution in [0.4, 0.5) is 4.79 Å². The molecule has 1 N–H and O–H groups in total. The van der Waals surface area contributed by atoms with Gasteiger partial charge in [-0.1, -0.05) is 38.1 Å². The number of alkyl carbamates (subject to hydrolysis) is 1. The minimum atomic E-state index is -0.454. The van der Waals surface area contributed by atoms with Gasteiger partial charge < -0.3 is 19.9 Å². The van der Waals surface area contributed by atoms with Gasteiger partial charge in [0, 0.05) is 19.6 Å². The zero-order valence-corrected chi connectivity index (χ0v) is 19.9. The number of ether oxygens (including phenoxy) is 1. The van der Waals surface area contributed by atoms with Crippen LogP contribution in [-0.2, 0) is 21.5 Å². The minimum absolute atomic E-state index is 0.208. The number of likely N-dealkylation sites (tertiary alicyclic amines) is 1. The van der Waals surface area contributed by atoms with Crippen LogP contribution in [0.2, 0.25) is 0 Å². The third kappa shape index (κ3) is 4.52. The van der Waals surface area contributed by atoms with Gasteiger partial charge in [0.15, 0.2) is 0 Å². The van der Waals surface area contributed by atoms with E-state index in [0.717, 1.165) is 37.8 Å². The first-order valence-corrected chi connectivity index (χ1v) is 12.4. The summed E-state index contributed by atoms with van der Waals surface area (Å²) in [6.45, 7) is 7.93. The molecule has 0 atom stereocenters. The van der Waals surface area contributed by atoms with Crippen molar-refractivity contribution in [2.24, 2.45) is 11.8 Å². The average Bonchev–Trinajstić information content (AvgIpc) is 2.82. The van der Waals surface area contributed by atoms with E-state index in [9.17, 15) is 9.59 Å². The van der Waals surface area contributed by atoms with E-state index in [2.05, 4.69) is 48.3 Å². The molecule has 2 amide bonds. The molecule has 1 saturated heterocycles. The monoisotopic (exact) mass is 441 g/mol. The van der Waals surface area contributed by atoms with Crippen molar-refractivity contribution in [1.29, 1.82) is 0 Å². The van der Waals surface area contributed by atoms with Crippen molar-refractivity contribution in [1.82, 2.24) is 15.1 Å². The molecule has 4 rings (SSSR count). The van der Waals surface area contributed by atoms with Crippen molar-refractivity contribution in [2.45, 2.75) is 70.4 Å². The molecule has 2 fully saturated rings. The second kappa shape index (κ2) is 9.82. The molecule has 2 aliphatic heterocycles. The number of fused-ring (bicyclic) bond motifs is 2. The van der Waals surface area contributed by atoms with Gasteiger partial charge in [-0.05, 0) is 74.6 Å². The second-order valence-electron chi connectivity index (χ2n) is 10.2. The Kier molecular flexibility index (Phi) is 7.08. The molecule has 176 valence electrons. The number of carbonyl (C=O) groups excluding carboxylic acids is 2. The van der Waals surface area contributed by atoms with Crippen molar-refractivity contribution in [3.63, 3.8) is 0 Å². The van der Waals surface area contributed by atoms with Gasteiger partial charge >= 0.3 is 6.09 Å². The number of nitrogens with zero attached hydrogens (tertiary/aromatic N) is 2. The van der Waals surface area contributed by atoms with Crippen LogP contribution in [0.1, 0.15) is 63.5 Å². The van der Waals surface area contributed by atoms with Crippen LogP contribution in [0.15, 0.2) is 24.3 Å². The van der Waals surface area contributed by atoms with Crippen LogP contribution in [-0.4, -0.2) is 61.1 Å². The molecule has 0 unspecified atom stereocenters. The van der Waals surface area contributed by atoms with Crippen molar-refractivity contribution >= 4 is 12.0 Å². The summed E-state index contributed by atoms with van der Waals surface area (Å²) in [5, 5.41) is 2.46. The Morgan fingerprint density at radius 2 is 1.84 bits per heavy atom. The lowest BCUT2D eigenvalue weighted by molar-refractivity contribution is -0.142. The zero-order chi connectivity index (χ0) is 22.7. The fourth-order valence-corrected chi connectivity index (χ4v) is 6.21. The fourth-order valence-electron chi connectivity index (χ4n) is 6.21. The highest BCUT2D eigenvalue weighted by Gasteiger charge is 2.49. The van der Waals surface area contributed by atoms with Gasteiger partial charge in [-0.15, -0.1) is 0 Å². The summed E-state index contributed by atoms with van der Waals surface area (Å²) in [5.74, 6) is 1.87. The standard InChI is InChI=1S/C26H39N3O3/c1-19(2)20-8-10-22(11-9-20)28-14-12-26(13-15-28)23-7-5-4-6-21(23)18-29(24(26)30)16-17-32-25(31)27-3/h4-7,19-20,22H,8-18H2,1-3H3,(H,27,31)/t20-,22+. The Labute approximate surface area is 192 Å². The van der Waals surface area contributed by atoms with E-state index < -0.39 is 11.5 Å². The molecule has 0 aromatic heterocycles. The van der Waals surface area contributed by atoms with Gasteiger partial charge in [0.2, 0.25) is 5.91 Å². The smallest absolute Gasteiger partial charge is 0.406 e. The molecule has 0 bridgehead atoms. The lowest BCUT2D eigenvalue weighted by Gasteiger charge is -2.49. The second-order valence-corrected chi connectivity index (χ2v) is 10.2. The van der Waals surface area contributed by atoms with E-state index in [-0.39, 0.29) is 12.5 Å². The molecule has 1 spiro atoms. The number of hydrogen-bond donors (Lipinski definition) is 1. The van der Waals surface area contributed by atoms with E-state index in [0.29, 0.717) is 19.1 Å². The Morgan fingerprint density at radius 1 is 1.16 bits per heavy atom. The van der Waals surface area contributed by atoms with Gasteiger partial charge in [0.25, 0.3) is 0 Å². The number of piperidine rings is 1. The maximum Gasteiger partial charge on any atom is 0.406 e. The molecule has 6 heteroatoms. The third-order valence-electron chi connectivity index (χ3n) is 8.24. The molecule has 32 heavy (non-hydrogen) atoms. The van der Waals surface area contributed by atoms with Crippen LogP contribution in [0.3, 0.4) is 0 Å². The SMILES string of the molecule is CNC(=O)OCCN1Cc2ccccc2C2(CCN([C@H]3CC[C@@H](C(C)C)CC3)CC2)C1=O.